The Kier molecular flexibility index (Phi) is 18.2. The smallest absolute Gasteiger partial charge is 0.228 e. The highest BCUT2D eigenvalue weighted by Crippen LogP contribution is 2.32. The van der Waals surface area contributed by atoms with E-state index >= 15 is 0 Å². The fourth-order valence-electron chi connectivity index (χ4n) is 3.82. The average molecular weight is 632 g/mol. The number of alkyl halides is 3. The van der Waals surface area contributed by atoms with E-state index in [0.717, 1.165) is 22.1 Å². The molecule has 0 bridgehead atoms. The van der Waals surface area contributed by atoms with Crippen molar-refractivity contribution in [1.29, 1.82) is 0 Å². The van der Waals surface area contributed by atoms with Crippen molar-refractivity contribution in [3.63, 3.8) is 0 Å². The number of para-hydroxylation sites is 1. The monoisotopic (exact) mass is 630 g/mol. The van der Waals surface area contributed by atoms with Crippen LogP contribution < -0.4 is 10.6 Å². The van der Waals surface area contributed by atoms with Gasteiger partial charge in [-0.05, 0) is 41.1 Å². The summed E-state index contributed by atoms with van der Waals surface area (Å²) in [6, 6.07) is 7.69. The number of hydrogen-bond donors (Lipinski definition) is 2. The van der Waals surface area contributed by atoms with E-state index < -0.39 is 9.96 Å². The van der Waals surface area contributed by atoms with Gasteiger partial charge in [0, 0.05) is 15.7 Å². The minimum Gasteiger partial charge on any atom is -0.361 e. The summed E-state index contributed by atoms with van der Waals surface area (Å²) in [6.45, 7) is 2.27. The summed E-state index contributed by atoms with van der Waals surface area (Å²) in [5.74, 6) is -0.0977. The summed E-state index contributed by atoms with van der Waals surface area (Å²) in [4.78, 5) is 12.4. The molecule has 7 heteroatoms. The first kappa shape index (κ1) is 31.1. The molecular formula is C26H42Cl3IN2O. The van der Waals surface area contributed by atoms with Crippen LogP contribution in [0.15, 0.2) is 24.3 Å². The Hall–Kier alpha value is 0.0900. The van der Waals surface area contributed by atoms with Gasteiger partial charge in [-0.1, -0.05) is 144 Å². The lowest BCUT2D eigenvalue weighted by Crippen LogP contribution is -2.49. The summed E-state index contributed by atoms with van der Waals surface area (Å²) in [6.07, 6.45) is 19.2. The zero-order valence-electron chi connectivity index (χ0n) is 20.1. The van der Waals surface area contributed by atoms with Crippen LogP contribution in [-0.4, -0.2) is 15.9 Å². The third kappa shape index (κ3) is 16.4. The third-order valence-electron chi connectivity index (χ3n) is 5.81. The van der Waals surface area contributed by atoms with E-state index in [4.69, 9.17) is 34.8 Å². The largest absolute Gasteiger partial charge is 0.361 e. The van der Waals surface area contributed by atoms with E-state index in [0.29, 0.717) is 6.42 Å². The van der Waals surface area contributed by atoms with Crippen LogP contribution in [0.5, 0.6) is 0 Å². The fraction of sp³-hybridized carbons (Fsp3) is 0.731. The summed E-state index contributed by atoms with van der Waals surface area (Å²) < 4.78 is -0.657. The van der Waals surface area contributed by atoms with Crippen molar-refractivity contribution in [1.82, 2.24) is 5.32 Å². The number of benzene rings is 1. The molecule has 1 amide bonds. The number of halogens is 4. The molecule has 33 heavy (non-hydrogen) atoms. The van der Waals surface area contributed by atoms with Crippen LogP contribution in [0.1, 0.15) is 110 Å². The van der Waals surface area contributed by atoms with Gasteiger partial charge in [0.05, 0.1) is 0 Å². The molecule has 1 unspecified atom stereocenters. The normalized spacial score (nSPS) is 12.5. The quantitative estimate of drug-likeness (QED) is 0.0691. The Bertz CT molecular complexity index is 640. The Labute approximate surface area is 230 Å². The Balaban J connectivity index is 2.06. The molecule has 0 aliphatic heterocycles. The number of unbranched alkanes of at least 4 members (excludes halogenated alkanes) is 14. The van der Waals surface area contributed by atoms with E-state index in [-0.39, 0.29) is 5.91 Å². The average Bonchev–Trinajstić information content (AvgIpc) is 2.76. The first-order valence-electron chi connectivity index (χ1n) is 12.7. The van der Waals surface area contributed by atoms with Crippen LogP contribution in [0.25, 0.3) is 0 Å². The predicted octanol–water partition coefficient (Wildman–Crippen LogP) is 9.78. The summed E-state index contributed by atoms with van der Waals surface area (Å²) in [5.41, 5.74) is 0.821. The van der Waals surface area contributed by atoms with Crippen molar-refractivity contribution >= 4 is 69.0 Å². The zero-order chi connectivity index (χ0) is 24.4. The second kappa shape index (κ2) is 19.3. The summed E-state index contributed by atoms with van der Waals surface area (Å²) >= 11 is 20.5. The molecule has 1 aromatic rings. The Morgan fingerprint density at radius 1 is 0.818 bits per heavy atom. The Morgan fingerprint density at radius 3 is 1.73 bits per heavy atom. The van der Waals surface area contributed by atoms with Gasteiger partial charge in [0.15, 0.2) is 0 Å². The number of nitrogens with one attached hydrogen (secondary N) is 2. The number of anilines is 1. The molecule has 1 atom stereocenters. The van der Waals surface area contributed by atoms with Crippen LogP contribution in [0, 0.1) is 3.57 Å². The van der Waals surface area contributed by atoms with Gasteiger partial charge >= 0.3 is 0 Å². The topological polar surface area (TPSA) is 41.1 Å². The van der Waals surface area contributed by atoms with Gasteiger partial charge in [-0.3, -0.25) is 4.79 Å². The SMILES string of the molecule is CCCCCCCCCCCCCCCCCC(=O)NC(Nc1ccccc1I)C(Cl)(Cl)Cl. The molecule has 190 valence electrons. The van der Waals surface area contributed by atoms with Crippen LogP contribution >= 0.6 is 57.4 Å². The van der Waals surface area contributed by atoms with Gasteiger partial charge in [0.1, 0.15) is 6.17 Å². The van der Waals surface area contributed by atoms with E-state index in [1.807, 2.05) is 24.3 Å². The van der Waals surface area contributed by atoms with E-state index in [2.05, 4.69) is 40.1 Å². The molecule has 0 aliphatic carbocycles. The van der Waals surface area contributed by atoms with E-state index in [1.54, 1.807) is 0 Å². The van der Waals surface area contributed by atoms with Crippen molar-refractivity contribution in [3.8, 4) is 0 Å². The van der Waals surface area contributed by atoms with Crippen LogP contribution in [0.3, 0.4) is 0 Å². The molecule has 0 saturated heterocycles. The highest BCUT2D eigenvalue weighted by Gasteiger charge is 2.34. The molecule has 0 heterocycles. The van der Waals surface area contributed by atoms with Crippen molar-refractivity contribution in [3.05, 3.63) is 27.8 Å². The molecule has 0 saturated carbocycles. The second-order valence-corrected chi connectivity index (χ2v) is 12.4. The van der Waals surface area contributed by atoms with E-state index in [1.165, 1.54) is 83.5 Å². The molecule has 0 spiro atoms. The van der Waals surface area contributed by atoms with Crippen molar-refractivity contribution < 1.29 is 4.79 Å². The first-order valence-corrected chi connectivity index (χ1v) is 14.9. The maximum absolute atomic E-state index is 12.4. The molecular weight excluding hydrogens is 590 g/mol. The number of carbonyl (C=O) groups excluding carboxylic acids is 1. The fourth-order valence-corrected chi connectivity index (χ4v) is 4.69. The molecule has 0 fully saturated rings. The van der Waals surface area contributed by atoms with Gasteiger partial charge in [0.25, 0.3) is 0 Å². The van der Waals surface area contributed by atoms with Gasteiger partial charge < -0.3 is 10.6 Å². The first-order chi connectivity index (χ1) is 15.8. The highest BCUT2D eigenvalue weighted by atomic mass is 127. The number of rotatable bonds is 19. The minimum atomic E-state index is -1.65. The Morgan fingerprint density at radius 2 is 1.27 bits per heavy atom. The van der Waals surface area contributed by atoms with Crippen LogP contribution in [0.4, 0.5) is 5.69 Å². The minimum absolute atomic E-state index is 0.0977. The lowest BCUT2D eigenvalue weighted by atomic mass is 10.0. The second-order valence-electron chi connectivity index (χ2n) is 8.87. The number of hydrogen-bond acceptors (Lipinski definition) is 2. The van der Waals surface area contributed by atoms with Gasteiger partial charge in [-0.15, -0.1) is 0 Å². The molecule has 2 N–H and O–H groups in total. The number of carbonyl (C=O) groups is 1. The van der Waals surface area contributed by atoms with Crippen molar-refractivity contribution in [2.45, 2.75) is 120 Å². The van der Waals surface area contributed by atoms with Gasteiger partial charge in [-0.2, -0.15) is 0 Å². The molecule has 0 aliphatic rings. The van der Waals surface area contributed by atoms with E-state index in [9.17, 15) is 4.79 Å². The van der Waals surface area contributed by atoms with Crippen molar-refractivity contribution in [2.75, 3.05) is 5.32 Å². The maximum Gasteiger partial charge on any atom is 0.228 e. The summed E-state index contributed by atoms with van der Waals surface area (Å²) in [5, 5.41) is 5.97. The molecule has 1 aromatic carbocycles. The maximum atomic E-state index is 12.4. The van der Waals surface area contributed by atoms with Gasteiger partial charge in [-0.25, -0.2) is 0 Å². The molecule has 1 rings (SSSR count). The highest BCUT2D eigenvalue weighted by molar-refractivity contribution is 14.1. The zero-order valence-corrected chi connectivity index (χ0v) is 24.5. The van der Waals surface area contributed by atoms with Crippen LogP contribution in [0.2, 0.25) is 0 Å². The lowest BCUT2D eigenvalue weighted by Gasteiger charge is -2.28. The molecule has 0 radical (unpaired) electrons. The number of amides is 1. The van der Waals surface area contributed by atoms with Crippen LogP contribution in [-0.2, 0) is 4.79 Å². The lowest BCUT2D eigenvalue weighted by molar-refractivity contribution is -0.121. The summed E-state index contributed by atoms with van der Waals surface area (Å²) in [7, 11) is 0. The third-order valence-corrected chi connectivity index (χ3v) is 7.41. The van der Waals surface area contributed by atoms with Crippen molar-refractivity contribution in [2.24, 2.45) is 0 Å². The standard InChI is InChI=1S/C26H42Cl3IN2O/c1-2-3-4-5-6-7-8-9-10-11-12-13-14-15-16-21-24(33)32-25(26(27,28)29)31-23-20-18-17-19-22(23)30/h17-20,25,31H,2-16,21H2,1H3,(H,32,33). The van der Waals surface area contributed by atoms with Gasteiger partial charge in [0.2, 0.25) is 9.70 Å². The predicted molar refractivity (Wildman–Crippen MR) is 155 cm³/mol. The molecule has 3 nitrogen and oxygen atoms in total. The molecule has 0 aromatic heterocycles.